The van der Waals surface area contributed by atoms with Crippen molar-refractivity contribution in [3.63, 3.8) is 0 Å². The van der Waals surface area contributed by atoms with Crippen molar-refractivity contribution >= 4 is 68.2 Å². The average molecular weight is 1270 g/mol. The van der Waals surface area contributed by atoms with Crippen LogP contribution < -0.4 is 57.5 Å². The van der Waals surface area contributed by atoms with Crippen LogP contribution in [0.4, 0.5) is 68.2 Å². The molecule has 0 aromatic heterocycles. The smallest absolute Gasteiger partial charge is 0.119 e. The van der Waals surface area contributed by atoms with E-state index in [-0.39, 0.29) is 0 Å². The number of anilines is 12. The van der Waals surface area contributed by atoms with Gasteiger partial charge >= 0.3 is 0 Å². The van der Waals surface area contributed by atoms with Crippen molar-refractivity contribution in [3.8, 4) is 90.5 Å². The van der Waals surface area contributed by atoms with Crippen LogP contribution in [0.3, 0.4) is 0 Å². The number of nitrogens with zero attached hydrogens (tertiary/aromatic N) is 4. The van der Waals surface area contributed by atoms with Gasteiger partial charge in [-0.25, -0.2) is 0 Å². The first-order valence-electron chi connectivity index (χ1n) is 31.4. The average Bonchev–Trinajstić information content (AvgIpc) is 1.58. The third-order valence-corrected chi connectivity index (χ3v) is 17.3. The van der Waals surface area contributed by atoms with Gasteiger partial charge in [0.1, 0.15) is 46.0 Å². The Morgan fingerprint density at radius 2 is 0.271 bits per heavy atom. The Balaban J connectivity index is 1.05. The summed E-state index contributed by atoms with van der Waals surface area (Å²) < 4.78 is 45.2. The van der Waals surface area contributed by atoms with E-state index < -0.39 is 0 Å². The Hall–Kier alpha value is -12.3. The zero-order valence-electron chi connectivity index (χ0n) is 54.8. The fraction of sp³-hybridized carbons (Fsp3) is 0.0952. The summed E-state index contributed by atoms with van der Waals surface area (Å²) in [6.45, 7) is 0. The molecule has 11 aromatic carbocycles. The van der Waals surface area contributed by atoms with Crippen LogP contribution in [0.2, 0.25) is 0 Å². The molecule has 12 nitrogen and oxygen atoms in total. The van der Waals surface area contributed by atoms with Gasteiger partial charge in [0.2, 0.25) is 0 Å². The van der Waals surface area contributed by atoms with Gasteiger partial charge in [0.15, 0.2) is 0 Å². The van der Waals surface area contributed by atoms with E-state index in [2.05, 4.69) is 214 Å². The number of hydrogen-bond acceptors (Lipinski definition) is 12. The van der Waals surface area contributed by atoms with Crippen molar-refractivity contribution in [1.82, 2.24) is 0 Å². The quantitative estimate of drug-likeness (QED) is 0.0611. The minimum absolute atomic E-state index is 0.763. The summed E-state index contributed by atoms with van der Waals surface area (Å²) >= 11 is 0. The molecule has 2 aliphatic carbocycles. The van der Waals surface area contributed by atoms with E-state index >= 15 is 0 Å². The molecule has 0 aliphatic heterocycles. The Labute approximate surface area is 561 Å². The largest absolute Gasteiger partial charge is 0.497 e. The third-order valence-electron chi connectivity index (χ3n) is 17.3. The molecular formula is C84H72N4O8. The van der Waals surface area contributed by atoms with E-state index in [1.165, 1.54) is 0 Å². The molecule has 0 saturated heterocycles. The Kier molecular flexibility index (Phi) is 18.4. The van der Waals surface area contributed by atoms with Crippen molar-refractivity contribution < 1.29 is 37.9 Å². The minimum atomic E-state index is 0.763. The van der Waals surface area contributed by atoms with Gasteiger partial charge in [-0.15, -0.1) is 0 Å². The topological polar surface area (TPSA) is 86.8 Å². The molecule has 0 N–H and O–H groups in total. The highest BCUT2D eigenvalue weighted by Gasteiger charge is 2.29. The third kappa shape index (κ3) is 12.8. The summed E-state index contributed by atoms with van der Waals surface area (Å²) in [5, 5.41) is 0. The van der Waals surface area contributed by atoms with Gasteiger partial charge in [0.25, 0.3) is 0 Å². The highest BCUT2D eigenvalue weighted by atomic mass is 16.5. The normalized spacial score (nSPS) is 10.9. The Bertz CT molecular complexity index is 4300. The lowest BCUT2D eigenvalue weighted by atomic mass is 9.92. The van der Waals surface area contributed by atoms with Crippen LogP contribution in [0.15, 0.2) is 291 Å². The highest BCUT2D eigenvalue weighted by Crippen LogP contribution is 2.55. The first-order valence-corrected chi connectivity index (χ1v) is 31.4. The molecule has 0 amide bonds. The van der Waals surface area contributed by atoms with Gasteiger partial charge in [-0.3, -0.25) is 0 Å². The molecule has 11 aromatic rings. The van der Waals surface area contributed by atoms with Gasteiger partial charge in [0.05, 0.1) is 56.9 Å². The summed E-state index contributed by atoms with van der Waals surface area (Å²) in [4.78, 5) is 9.00. The lowest BCUT2D eigenvalue weighted by molar-refractivity contribution is 0.414. The lowest BCUT2D eigenvalue weighted by Gasteiger charge is -2.26. The molecule has 476 valence electrons. The second kappa shape index (κ2) is 28.3. The maximum Gasteiger partial charge on any atom is 0.119 e. The minimum Gasteiger partial charge on any atom is -0.497 e. The first kappa shape index (κ1) is 62.5. The molecular weight excluding hydrogens is 1190 g/mol. The van der Waals surface area contributed by atoms with E-state index in [1.807, 2.05) is 97.1 Å². The van der Waals surface area contributed by atoms with E-state index in [1.54, 1.807) is 56.9 Å². The van der Waals surface area contributed by atoms with Crippen LogP contribution in [0.1, 0.15) is 0 Å². The number of rotatable bonds is 23. The number of methoxy groups -OCH3 is 8. The van der Waals surface area contributed by atoms with E-state index in [4.69, 9.17) is 37.9 Å². The molecule has 12 heteroatoms. The van der Waals surface area contributed by atoms with Crippen LogP contribution in [0.25, 0.3) is 44.5 Å². The van der Waals surface area contributed by atoms with Gasteiger partial charge in [-0.05, 0) is 287 Å². The molecule has 0 spiro atoms. The number of fused-ring (bicyclic) bond motifs is 1. The second-order valence-corrected chi connectivity index (χ2v) is 22.6. The molecule has 0 atom stereocenters. The van der Waals surface area contributed by atoms with Crippen molar-refractivity contribution in [3.05, 3.63) is 291 Å². The zero-order chi connectivity index (χ0) is 66.1. The van der Waals surface area contributed by atoms with E-state index in [0.29, 0.717) is 0 Å². The van der Waals surface area contributed by atoms with Gasteiger partial charge in [0, 0.05) is 68.2 Å². The van der Waals surface area contributed by atoms with Crippen LogP contribution in [-0.2, 0) is 0 Å². The Morgan fingerprint density at radius 1 is 0.146 bits per heavy atom. The molecule has 0 fully saturated rings. The van der Waals surface area contributed by atoms with Crippen molar-refractivity contribution in [2.45, 2.75) is 0 Å². The maximum absolute atomic E-state index is 5.68. The van der Waals surface area contributed by atoms with Crippen LogP contribution in [0.5, 0.6) is 46.0 Å². The molecule has 13 rings (SSSR count). The van der Waals surface area contributed by atoms with Crippen molar-refractivity contribution in [2.24, 2.45) is 0 Å². The Morgan fingerprint density at radius 3 is 0.417 bits per heavy atom. The van der Waals surface area contributed by atoms with E-state index in [9.17, 15) is 0 Å². The fourth-order valence-electron chi connectivity index (χ4n) is 12.4. The summed E-state index contributed by atoms with van der Waals surface area (Å²) in [5.74, 6) is 6.14. The maximum atomic E-state index is 5.68. The summed E-state index contributed by atoms with van der Waals surface area (Å²) in [6, 6.07) is 101. The first-order chi connectivity index (χ1) is 47.2. The van der Waals surface area contributed by atoms with Crippen molar-refractivity contribution in [2.75, 3.05) is 76.5 Å². The van der Waals surface area contributed by atoms with Gasteiger partial charge < -0.3 is 57.5 Å². The monoisotopic (exact) mass is 1260 g/mol. The molecule has 96 heavy (non-hydrogen) atoms. The predicted octanol–water partition coefficient (Wildman–Crippen LogP) is 21.7. The van der Waals surface area contributed by atoms with Crippen LogP contribution in [0, 0.1) is 0 Å². The van der Waals surface area contributed by atoms with E-state index in [0.717, 1.165) is 159 Å². The second-order valence-electron chi connectivity index (χ2n) is 22.6. The predicted molar refractivity (Wildman–Crippen MR) is 391 cm³/mol. The summed E-state index contributed by atoms with van der Waals surface area (Å²) in [5.41, 5.74) is 19.9. The summed E-state index contributed by atoms with van der Waals surface area (Å²) in [7, 11) is 13.5. The SMILES string of the molecule is COc1ccc(N(c2ccc(OC)cc2)c2ccc(-c3c4ccc(N(c5ccc(OC)cc5)c5ccc(OC)cc5)ccc-4c(-c4ccc(N(c5ccc(OC)cc5)c5ccc(OC)cc5)cc4)c3-c3ccc(N(c4ccc(OC)cc4)c4ccc(OC)cc4)cc3)cc2)cc1. The summed E-state index contributed by atoms with van der Waals surface area (Å²) in [6.07, 6.45) is 0. The van der Waals surface area contributed by atoms with Crippen LogP contribution >= 0.6 is 0 Å². The molecule has 0 bridgehead atoms. The van der Waals surface area contributed by atoms with Crippen molar-refractivity contribution in [1.29, 1.82) is 0 Å². The highest BCUT2D eigenvalue weighted by molar-refractivity contribution is 6.11. The standard InChI is InChI=1S/C84H72N4O8/c1-89-72-39-21-63(22-40-72)85(64-23-41-73(90-2)42-24-64)60-15-9-57(10-16-60)82-80-55-37-71(88(69-33-51-78(95-7)52-34-69)70-35-53-79(96-8)54-36-70)38-56-81(80)83(58-11-17-61(18-12-58)86(65-25-43-74(91-3)44-26-65)66-27-45-75(92-4)46-28-66)84(82)59-13-19-62(20-14-59)87(67-29-47-76(93-5)48-30-67)68-31-49-77(94-6)50-32-68/h9-56H,1-8H3. The molecule has 2 aliphatic rings. The molecule has 0 unspecified atom stereocenters. The van der Waals surface area contributed by atoms with Crippen LogP contribution in [-0.4, -0.2) is 56.9 Å². The number of ether oxygens (including phenoxy) is 8. The van der Waals surface area contributed by atoms with Gasteiger partial charge in [-0.1, -0.05) is 48.5 Å². The number of benzene rings is 11. The lowest BCUT2D eigenvalue weighted by Crippen LogP contribution is -2.10. The molecule has 0 radical (unpaired) electrons. The molecule has 0 heterocycles. The zero-order valence-corrected chi connectivity index (χ0v) is 54.8. The fourth-order valence-corrected chi connectivity index (χ4v) is 12.4. The van der Waals surface area contributed by atoms with Gasteiger partial charge in [-0.2, -0.15) is 0 Å². The number of hydrogen-bond donors (Lipinski definition) is 0. The molecule has 0 saturated carbocycles.